The Morgan fingerprint density at radius 1 is 1.08 bits per heavy atom. The average Bonchev–Trinajstić information content (AvgIpc) is 3.08. The van der Waals surface area contributed by atoms with Crippen molar-refractivity contribution in [3.8, 4) is 11.5 Å². The molecule has 0 radical (unpaired) electrons. The van der Waals surface area contributed by atoms with Crippen LogP contribution in [-0.4, -0.2) is 35.2 Å². The Hall–Kier alpha value is -3.02. The zero-order chi connectivity index (χ0) is 18.2. The second-order valence-corrected chi connectivity index (χ2v) is 5.82. The van der Waals surface area contributed by atoms with Crippen molar-refractivity contribution in [3.05, 3.63) is 54.9 Å². The summed E-state index contributed by atoms with van der Waals surface area (Å²) in [7, 11) is 0. The highest BCUT2D eigenvalue weighted by atomic mass is 16.5. The predicted molar refractivity (Wildman–Crippen MR) is 100 cm³/mol. The molecule has 0 unspecified atom stereocenters. The monoisotopic (exact) mass is 353 g/mol. The van der Waals surface area contributed by atoms with Crippen molar-refractivity contribution in [1.29, 1.82) is 0 Å². The summed E-state index contributed by atoms with van der Waals surface area (Å²) >= 11 is 0. The Labute approximate surface area is 152 Å². The molecule has 0 fully saturated rings. The Bertz CT molecular complexity index is 843. The van der Waals surface area contributed by atoms with Crippen molar-refractivity contribution in [3.63, 3.8) is 0 Å². The lowest BCUT2D eigenvalue weighted by Crippen LogP contribution is -2.30. The fourth-order valence-electron chi connectivity index (χ4n) is 2.66. The van der Waals surface area contributed by atoms with Crippen LogP contribution in [0.4, 0.5) is 0 Å². The van der Waals surface area contributed by atoms with Gasteiger partial charge in [-0.3, -0.25) is 4.79 Å². The van der Waals surface area contributed by atoms with E-state index in [0.717, 1.165) is 29.7 Å². The highest BCUT2D eigenvalue weighted by molar-refractivity contribution is 5.77. The number of para-hydroxylation sites is 2. The molecule has 6 nitrogen and oxygen atoms in total. The largest absolute Gasteiger partial charge is 0.494 e. The van der Waals surface area contributed by atoms with Gasteiger partial charge in [-0.05, 0) is 49.7 Å². The molecular weight excluding hydrogens is 330 g/mol. The van der Waals surface area contributed by atoms with Gasteiger partial charge in [0.1, 0.15) is 11.5 Å². The number of nitrogens with one attached hydrogen (secondary N) is 1. The van der Waals surface area contributed by atoms with E-state index in [0.29, 0.717) is 18.9 Å². The fourth-order valence-corrected chi connectivity index (χ4v) is 2.66. The first-order valence-corrected chi connectivity index (χ1v) is 8.78. The number of ether oxygens (including phenoxy) is 2. The molecule has 1 aromatic heterocycles. The van der Waals surface area contributed by atoms with E-state index in [2.05, 4.69) is 14.9 Å². The molecule has 0 saturated carbocycles. The van der Waals surface area contributed by atoms with E-state index < -0.39 is 0 Å². The third-order valence-electron chi connectivity index (χ3n) is 3.93. The Kier molecular flexibility index (Phi) is 6.09. The summed E-state index contributed by atoms with van der Waals surface area (Å²) in [4.78, 5) is 16.2. The molecule has 1 amide bonds. The van der Waals surface area contributed by atoms with Crippen molar-refractivity contribution in [2.24, 2.45) is 0 Å². The van der Waals surface area contributed by atoms with Crippen LogP contribution in [0, 0.1) is 0 Å². The maximum atomic E-state index is 11.9. The Morgan fingerprint density at radius 2 is 1.81 bits per heavy atom. The van der Waals surface area contributed by atoms with Gasteiger partial charge in [-0.2, -0.15) is 0 Å². The number of aryl methyl sites for hydroxylation is 1. The summed E-state index contributed by atoms with van der Waals surface area (Å²) in [6.07, 6.45) is 2.66. The molecule has 3 aromatic rings. The van der Waals surface area contributed by atoms with Crippen LogP contribution in [0.5, 0.6) is 11.5 Å². The zero-order valence-corrected chi connectivity index (χ0v) is 14.9. The smallest absolute Gasteiger partial charge is 0.257 e. The molecular formula is C20H23N3O3. The Morgan fingerprint density at radius 3 is 2.58 bits per heavy atom. The number of aromatic nitrogens is 2. The molecule has 0 saturated heterocycles. The molecule has 1 N–H and O–H groups in total. The average molecular weight is 353 g/mol. The number of hydrogen-bond donors (Lipinski definition) is 1. The number of amides is 1. The van der Waals surface area contributed by atoms with Gasteiger partial charge in [-0.25, -0.2) is 4.98 Å². The van der Waals surface area contributed by atoms with Gasteiger partial charge >= 0.3 is 0 Å². The van der Waals surface area contributed by atoms with Crippen LogP contribution in [0.2, 0.25) is 0 Å². The maximum absolute atomic E-state index is 11.9. The van der Waals surface area contributed by atoms with Crippen molar-refractivity contribution in [2.75, 3.05) is 19.8 Å². The van der Waals surface area contributed by atoms with Crippen LogP contribution in [0.25, 0.3) is 11.0 Å². The van der Waals surface area contributed by atoms with Gasteiger partial charge in [0, 0.05) is 13.1 Å². The molecule has 0 aliphatic rings. The summed E-state index contributed by atoms with van der Waals surface area (Å²) in [5, 5.41) is 2.87. The highest BCUT2D eigenvalue weighted by Gasteiger charge is 2.04. The lowest BCUT2D eigenvalue weighted by Gasteiger charge is -2.09. The van der Waals surface area contributed by atoms with Crippen LogP contribution in [0.1, 0.15) is 13.3 Å². The first kappa shape index (κ1) is 17.8. The van der Waals surface area contributed by atoms with E-state index in [-0.39, 0.29) is 12.5 Å². The number of fused-ring (bicyclic) bond motifs is 1. The van der Waals surface area contributed by atoms with Gasteiger partial charge in [0.05, 0.1) is 24.0 Å². The molecule has 26 heavy (non-hydrogen) atoms. The predicted octanol–water partition coefficient (Wildman–Crippen LogP) is 3.02. The minimum absolute atomic E-state index is 0.00197. The normalized spacial score (nSPS) is 10.7. The molecule has 2 aromatic carbocycles. The number of benzene rings is 2. The molecule has 0 aliphatic carbocycles. The molecule has 1 heterocycles. The van der Waals surface area contributed by atoms with Crippen LogP contribution in [0.3, 0.4) is 0 Å². The van der Waals surface area contributed by atoms with Gasteiger partial charge < -0.3 is 19.4 Å². The van der Waals surface area contributed by atoms with E-state index >= 15 is 0 Å². The summed E-state index contributed by atoms with van der Waals surface area (Å²) in [5.41, 5.74) is 2.10. The molecule has 136 valence electrons. The van der Waals surface area contributed by atoms with Gasteiger partial charge in [-0.1, -0.05) is 12.1 Å². The number of rotatable bonds is 9. The van der Waals surface area contributed by atoms with Gasteiger partial charge in [-0.15, -0.1) is 0 Å². The highest BCUT2D eigenvalue weighted by Crippen LogP contribution is 2.17. The first-order chi connectivity index (χ1) is 12.8. The fraction of sp³-hybridized carbons (Fsp3) is 0.300. The van der Waals surface area contributed by atoms with E-state index in [9.17, 15) is 4.79 Å². The summed E-state index contributed by atoms with van der Waals surface area (Å²) in [6.45, 7) is 3.96. The van der Waals surface area contributed by atoms with Gasteiger partial charge in [0.25, 0.3) is 5.91 Å². The number of imidazole rings is 1. The molecule has 3 rings (SSSR count). The van der Waals surface area contributed by atoms with E-state index in [1.54, 1.807) is 12.1 Å². The second kappa shape index (κ2) is 8.89. The van der Waals surface area contributed by atoms with Crippen LogP contribution < -0.4 is 14.8 Å². The quantitative estimate of drug-likeness (QED) is 0.601. The SMILES string of the molecule is CCOc1ccc(OCC(=O)NCCCn2cnc3ccccc32)cc1. The van der Waals surface area contributed by atoms with E-state index in [1.807, 2.05) is 49.6 Å². The summed E-state index contributed by atoms with van der Waals surface area (Å²) in [6, 6.07) is 15.3. The molecule has 0 aliphatic heterocycles. The maximum Gasteiger partial charge on any atom is 0.257 e. The third kappa shape index (κ3) is 4.75. The van der Waals surface area contributed by atoms with Crippen LogP contribution in [0.15, 0.2) is 54.9 Å². The molecule has 0 spiro atoms. The molecule has 0 atom stereocenters. The summed E-state index contributed by atoms with van der Waals surface area (Å²) in [5.74, 6) is 1.30. The minimum atomic E-state index is -0.130. The van der Waals surface area contributed by atoms with E-state index in [1.165, 1.54) is 0 Å². The van der Waals surface area contributed by atoms with E-state index in [4.69, 9.17) is 9.47 Å². The second-order valence-electron chi connectivity index (χ2n) is 5.82. The number of carbonyl (C=O) groups is 1. The molecule has 6 heteroatoms. The first-order valence-electron chi connectivity index (χ1n) is 8.78. The number of nitrogens with zero attached hydrogens (tertiary/aromatic N) is 2. The van der Waals surface area contributed by atoms with Crippen molar-refractivity contribution in [1.82, 2.24) is 14.9 Å². The lowest BCUT2D eigenvalue weighted by molar-refractivity contribution is -0.123. The third-order valence-corrected chi connectivity index (χ3v) is 3.93. The number of carbonyl (C=O) groups excluding carboxylic acids is 1. The Balaban J connectivity index is 1.36. The summed E-state index contributed by atoms with van der Waals surface area (Å²) < 4.78 is 12.9. The van der Waals surface area contributed by atoms with Crippen molar-refractivity contribution in [2.45, 2.75) is 19.9 Å². The standard InChI is InChI=1S/C20H23N3O3/c1-2-25-16-8-10-17(11-9-16)26-14-20(24)21-12-5-13-23-15-22-18-6-3-4-7-19(18)23/h3-4,6-11,15H,2,5,12-14H2,1H3,(H,21,24). The zero-order valence-electron chi connectivity index (χ0n) is 14.9. The number of hydrogen-bond acceptors (Lipinski definition) is 4. The minimum Gasteiger partial charge on any atom is -0.494 e. The van der Waals surface area contributed by atoms with Crippen molar-refractivity contribution >= 4 is 16.9 Å². The van der Waals surface area contributed by atoms with Crippen LogP contribution >= 0.6 is 0 Å². The van der Waals surface area contributed by atoms with Crippen molar-refractivity contribution < 1.29 is 14.3 Å². The lowest BCUT2D eigenvalue weighted by atomic mass is 10.3. The van der Waals surface area contributed by atoms with Gasteiger partial charge in [0.15, 0.2) is 6.61 Å². The van der Waals surface area contributed by atoms with Crippen LogP contribution in [-0.2, 0) is 11.3 Å². The topological polar surface area (TPSA) is 65.4 Å². The molecule has 0 bridgehead atoms. The van der Waals surface area contributed by atoms with Gasteiger partial charge in [0.2, 0.25) is 0 Å².